The molecule has 8 heteroatoms. The van der Waals surface area contributed by atoms with Crippen molar-refractivity contribution in [2.45, 2.75) is 38.3 Å². The highest BCUT2D eigenvalue weighted by atomic mass is 19.1. The molecule has 0 aliphatic carbocycles. The number of fused-ring (bicyclic) bond motifs is 1. The number of aliphatic imine (C=N–C) groups is 1. The van der Waals surface area contributed by atoms with Crippen LogP contribution in [0.4, 0.5) is 4.39 Å². The van der Waals surface area contributed by atoms with E-state index in [4.69, 9.17) is 14.6 Å². The Kier molecular flexibility index (Phi) is 6.17. The van der Waals surface area contributed by atoms with Crippen molar-refractivity contribution in [3.05, 3.63) is 83.2 Å². The molecule has 2 atom stereocenters. The summed E-state index contributed by atoms with van der Waals surface area (Å²) in [5, 5.41) is 11.9. The molecule has 2 unspecified atom stereocenters. The second kappa shape index (κ2) is 9.28. The fourth-order valence-electron chi connectivity index (χ4n) is 4.86. The molecule has 1 aromatic heterocycles. The molecule has 0 bridgehead atoms. The maximum Gasteiger partial charge on any atom is 0.152 e. The zero-order valence-corrected chi connectivity index (χ0v) is 20.1. The normalized spacial score (nSPS) is 23.2. The van der Waals surface area contributed by atoms with Crippen LogP contribution in [-0.4, -0.2) is 51.9 Å². The minimum Gasteiger partial charge on any atom is -0.495 e. The molecule has 0 radical (unpaired) electrons. The average molecular weight is 477 g/mol. The van der Waals surface area contributed by atoms with Gasteiger partial charge in [0.05, 0.1) is 49.6 Å². The van der Waals surface area contributed by atoms with E-state index in [2.05, 4.69) is 11.1 Å². The molecule has 0 amide bonds. The van der Waals surface area contributed by atoms with E-state index in [9.17, 15) is 9.50 Å². The predicted molar refractivity (Wildman–Crippen MR) is 132 cm³/mol. The number of aromatic nitrogens is 2. The number of methoxy groups -OCH3 is 1. The Bertz CT molecular complexity index is 1280. The lowest BCUT2D eigenvalue weighted by molar-refractivity contribution is -0.181. The van der Waals surface area contributed by atoms with Gasteiger partial charge in [-0.2, -0.15) is 0 Å². The number of aliphatic hydroxyl groups is 1. The number of hydrogen-bond donors (Lipinski definition) is 1. The Morgan fingerprint density at radius 3 is 2.74 bits per heavy atom. The molecule has 35 heavy (non-hydrogen) atoms. The van der Waals surface area contributed by atoms with E-state index < -0.39 is 5.54 Å². The summed E-state index contributed by atoms with van der Waals surface area (Å²) in [6, 6.07) is 12.2. The van der Waals surface area contributed by atoms with E-state index >= 15 is 0 Å². The summed E-state index contributed by atoms with van der Waals surface area (Å²) in [4.78, 5) is 15.3. The van der Waals surface area contributed by atoms with Gasteiger partial charge in [-0.3, -0.25) is 9.83 Å². The van der Waals surface area contributed by atoms with Crippen molar-refractivity contribution in [3.63, 3.8) is 0 Å². The van der Waals surface area contributed by atoms with Crippen molar-refractivity contribution in [1.82, 2.24) is 14.6 Å². The Balaban J connectivity index is 1.53. The highest BCUT2D eigenvalue weighted by Gasteiger charge is 2.45. The quantitative estimate of drug-likeness (QED) is 0.590. The van der Waals surface area contributed by atoms with E-state index in [-0.39, 0.29) is 18.5 Å². The largest absolute Gasteiger partial charge is 0.495 e. The molecule has 7 nitrogen and oxygen atoms in total. The van der Waals surface area contributed by atoms with Gasteiger partial charge in [0.15, 0.2) is 5.84 Å². The van der Waals surface area contributed by atoms with Gasteiger partial charge in [-0.15, -0.1) is 0 Å². The fourth-order valence-corrected chi connectivity index (χ4v) is 4.86. The Morgan fingerprint density at radius 2 is 2.06 bits per heavy atom. The Hall–Kier alpha value is -3.49. The van der Waals surface area contributed by atoms with Gasteiger partial charge < -0.3 is 14.4 Å². The molecule has 5 rings (SSSR count). The van der Waals surface area contributed by atoms with Crippen LogP contribution in [0.15, 0.2) is 65.6 Å². The Labute approximate surface area is 204 Å². The first-order chi connectivity index (χ1) is 16.9. The zero-order valence-electron chi connectivity index (χ0n) is 20.1. The standard InChI is InChI=1S/C27H29FN4O3/c1-18-15-31(17-29-18)24-9-4-19(13-25(24)34-3)12-20-10-11-35-32-26(20)30-23(16-33)14-27(32,2)21-5-7-22(28)8-6-21/h4-9,12-13,15,17,23,33H,10-11,14,16H2,1-3H3/b20-12+. The summed E-state index contributed by atoms with van der Waals surface area (Å²) in [5.74, 6) is 1.14. The number of aliphatic hydroxyl groups excluding tert-OH is 1. The first-order valence-corrected chi connectivity index (χ1v) is 11.7. The van der Waals surface area contributed by atoms with Crippen molar-refractivity contribution >= 4 is 11.9 Å². The molecule has 0 saturated carbocycles. The molecule has 2 aliphatic heterocycles. The first kappa shape index (κ1) is 23.3. The summed E-state index contributed by atoms with van der Waals surface area (Å²) in [5.41, 5.74) is 4.13. The van der Waals surface area contributed by atoms with Gasteiger partial charge >= 0.3 is 0 Å². The zero-order chi connectivity index (χ0) is 24.6. The number of halogens is 1. The summed E-state index contributed by atoms with van der Waals surface area (Å²) in [6.45, 7) is 4.41. The molecule has 2 aromatic carbocycles. The van der Waals surface area contributed by atoms with Crippen LogP contribution in [0.5, 0.6) is 5.75 Å². The van der Waals surface area contributed by atoms with Crippen LogP contribution >= 0.6 is 0 Å². The fraction of sp³-hybridized carbons (Fsp3) is 0.333. The van der Waals surface area contributed by atoms with Crippen LogP contribution < -0.4 is 4.74 Å². The SMILES string of the molecule is COc1cc(/C=C2\CCON3C2=NC(CO)CC3(C)c2ccc(F)cc2)ccc1-n1cnc(C)c1. The minimum absolute atomic E-state index is 0.0752. The van der Waals surface area contributed by atoms with Crippen LogP contribution in [0.25, 0.3) is 11.8 Å². The summed E-state index contributed by atoms with van der Waals surface area (Å²) in [6.07, 6.45) is 7.04. The molecule has 3 aromatic rings. The van der Waals surface area contributed by atoms with Gasteiger partial charge in [-0.25, -0.2) is 14.4 Å². The van der Waals surface area contributed by atoms with E-state index in [1.807, 2.05) is 47.9 Å². The lowest BCUT2D eigenvalue weighted by Crippen LogP contribution is -2.55. The number of nitrogens with zero attached hydrogens (tertiary/aromatic N) is 4. The number of ether oxygens (including phenoxy) is 1. The van der Waals surface area contributed by atoms with Crippen molar-refractivity contribution in [3.8, 4) is 11.4 Å². The van der Waals surface area contributed by atoms with Crippen molar-refractivity contribution < 1.29 is 19.1 Å². The molecular weight excluding hydrogens is 447 g/mol. The number of aryl methyl sites for hydroxylation is 1. The number of benzene rings is 2. The van der Waals surface area contributed by atoms with Crippen LogP contribution in [0.1, 0.15) is 36.6 Å². The molecule has 1 N–H and O–H groups in total. The number of hydrogen-bond acceptors (Lipinski definition) is 6. The van der Waals surface area contributed by atoms with Gasteiger partial charge in [0.2, 0.25) is 0 Å². The molecule has 2 aliphatic rings. The van der Waals surface area contributed by atoms with Crippen LogP contribution in [0.2, 0.25) is 0 Å². The number of amidine groups is 1. The average Bonchev–Trinajstić information content (AvgIpc) is 3.30. The van der Waals surface area contributed by atoms with E-state index in [1.165, 1.54) is 12.1 Å². The smallest absolute Gasteiger partial charge is 0.152 e. The van der Waals surface area contributed by atoms with Crippen molar-refractivity contribution in [1.29, 1.82) is 0 Å². The van der Waals surface area contributed by atoms with Gasteiger partial charge in [-0.05, 0) is 60.9 Å². The topological polar surface area (TPSA) is 72.1 Å². The maximum absolute atomic E-state index is 13.6. The molecule has 3 heterocycles. The first-order valence-electron chi connectivity index (χ1n) is 11.7. The lowest BCUT2D eigenvalue weighted by atomic mass is 9.82. The van der Waals surface area contributed by atoms with E-state index in [1.54, 1.807) is 25.6 Å². The van der Waals surface area contributed by atoms with Crippen molar-refractivity contribution in [2.24, 2.45) is 4.99 Å². The van der Waals surface area contributed by atoms with Gasteiger partial charge in [-0.1, -0.05) is 18.2 Å². The monoisotopic (exact) mass is 476 g/mol. The summed E-state index contributed by atoms with van der Waals surface area (Å²) < 4.78 is 21.2. The molecular formula is C27H29FN4O3. The molecule has 1 saturated heterocycles. The highest BCUT2D eigenvalue weighted by Crippen LogP contribution is 2.41. The van der Waals surface area contributed by atoms with E-state index in [0.717, 1.165) is 33.8 Å². The third-order valence-corrected chi connectivity index (χ3v) is 6.67. The third kappa shape index (κ3) is 4.35. The number of imidazole rings is 1. The second-order valence-electron chi connectivity index (χ2n) is 9.17. The minimum atomic E-state index is -0.599. The summed E-state index contributed by atoms with van der Waals surface area (Å²) in [7, 11) is 1.65. The van der Waals surface area contributed by atoms with Crippen LogP contribution in [0, 0.1) is 12.7 Å². The number of rotatable bonds is 5. The Morgan fingerprint density at radius 1 is 1.26 bits per heavy atom. The van der Waals surface area contributed by atoms with Gasteiger partial charge in [0.25, 0.3) is 0 Å². The second-order valence-corrected chi connectivity index (χ2v) is 9.17. The van der Waals surface area contributed by atoms with Gasteiger partial charge in [0.1, 0.15) is 11.6 Å². The van der Waals surface area contributed by atoms with E-state index in [0.29, 0.717) is 25.3 Å². The van der Waals surface area contributed by atoms with Crippen LogP contribution in [0.3, 0.4) is 0 Å². The van der Waals surface area contributed by atoms with Gasteiger partial charge in [0, 0.05) is 19.0 Å². The number of hydroxylamine groups is 2. The molecule has 0 spiro atoms. The summed E-state index contributed by atoms with van der Waals surface area (Å²) >= 11 is 0. The predicted octanol–water partition coefficient (Wildman–Crippen LogP) is 4.43. The lowest BCUT2D eigenvalue weighted by Gasteiger charge is -2.49. The maximum atomic E-state index is 13.6. The van der Waals surface area contributed by atoms with Crippen LogP contribution in [-0.2, 0) is 10.4 Å². The molecule has 1 fully saturated rings. The molecule has 182 valence electrons. The highest BCUT2D eigenvalue weighted by molar-refractivity contribution is 6.03. The van der Waals surface area contributed by atoms with Crippen molar-refractivity contribution in [2.75, 3.05) is 20.3 Å². The third-order valence-electron chi connectivity index (χ3n) is 6.67.